The molecule has 1 fully saturated rings. The van der Waals surface area contributed by atoms with Gasteiger partial charge in [0.05, 0.1) is 23.4 Å². The molecule has 1 aliphatic rings. The number of carbonyl (C=O) groups excluding carboxylic acids is 2. The monoisotopic (exact) mass is 570 g/mol. The van der Waals surface area contributed by atoms with Gasteiger partial charge in [-0.3, -0.25) is 18.6 Å². The van der Waals surface area contributed by atoms with E-state index in [2.05, 4.69) is 15.6 Å². The van der Waals surface area contributed by atoms with E-state index >= 15 is 4.39 Å². The van der Waals surface area contributed by atoms with E-state index in [1.807, 2.05) is 0 Å². The molecule has 0 radical (unpaired) electrons. The Morgan fingerprint density at radius 3 is 2.79 bits per heavy atom. The number of aryl methyl sites for hydroxylation is 1. The minimum absolute atomic E-state index is 0.0922. The number of benzene rings is 2. The fourth-order valence-corrected chi connectivity index (χ4v) is 6.81. The summed E-state index contributed by atoms with van der Waals surface area (Å²) in [6.45, 7) is -0.0602. The Morgan fingerprint density at radius 2 is 2.05 bits per heavy atom. The molecule has 0 bridgehead atoms. The summed E-state index contributed by atoms with van der Waals surface area (Å²) in [6.07, 6.45) is 3.50. The smallest absolute Gasteiger partial charge is 0.258 e. The van der Waals surface area contributed by atoms with Crippen LogP contribution in [0.25, 0.3) is 32.1 Å². The molecular weight excluding hydrogens is 543 g/mol. The Morgan fingerprint density at radius 1 is 1.26 bits per heavy atom. The first-order valence-corrected chi connectivity index (χ1v) is 14.6. The molecule has 2 atom stereocenters. The fourth-order valence-electron chi connectivity index (χ4n) is 4.21. The zero-order valence-electron chi connectivity index (χ0n) is 21.4. The molecule has 0 saturated heterocycles. The van der Waals surface area contributed by atoms with Gasteiger partial charge in [0.2, 0.25) is 11.8 Å². The highest BCUT2D eigenvalue weighted by Crippen LogP contribution is 2.35. The highest BCUT2D eigenvalue weighted by Gasteiger charge is 2.31. The third kappa shape index (κ3) is 5.92. The number of carbonyl (C=O) groups is 2. The number of aromatic nitrogens is 2. The molecule has 2 aromatic carbocycles. The summed E-state index contributed by atoms with van der Waals surface area (Å²) in [5.41, 5.74) is 1.10. The third-order valence-corrected chi connectivity index (χ3v) is 9.23. The highest BCUT2D eigenvalue weighted by atomic mass is 32.2. The van der Waals surface area contributed by atoms with Crippen molar-refractivity contribution in [2.24, 2.45) is 7.05 Å². The Hall–Kier alpha value is -3.48. The SMILES string of the molecule is COCCS(=O)C(C(=O)NCC(=O)NC1CC1)c1nc2cc(F)c(-c3ccc4c(=O)n(C)ccc4c3)cc2s1. The predicted molar refractivity (Wildman–Crippen MR) is 150 cm³/mol. The van der Waals surface area contributed by atoms with Gasteiger partial charge >= 0.3 is 0 Å². The lowest BCUT2D eigenvalue weighted by atomic mass is 10.0. The molecule has 2 heterocycles. The van der Waals surface area contributed by atoms with Gasteiger partial charge in [-0.25, -0.2) is 9.37 Å². The Balaban J connectivity index is 1.46. The number of nitrogens with zero attached hydrogens (tertiary/aromatic N) is 2. The largest absolute Gasteiger partial charge is 0.384 e. The van der Waals surface area contributed by atoms with E-state index in [0.717, 1.165) is 24.2 Å². The van der Waals surface area contributed by atoms with Crippen molar-refractivity contribution in [3.8, 4) is 11.1 Å². The molecule has 5 rings (SSSR count). The normalized spacial score (nSPS) is 14.8. The molecule has 1 saturated carbocycles. The second kappa shape index (κ2) is 11.3. The van der Waals surface area contributed by atoms with Gasteiger partial charge in [-0.1, -0.05) is 6.07 Å². The molecule has 0 aliphatic heterocycles. The molecule has 2 amide bonds. The Labute approximate surface area is 229 Å². The van der Waals surface area contributed by atoms with Gasteiger partial charge < -0.3 is 19.9 Å². The molecule has 39 heavy (non-hydrogen) atoms. The number of hydrogen-bond donors (Lipinski definition) is 2. The number of hydrogen-bond acceptors (Lipinski definition) is 7. The van der Waals surface area contributed by atoms with Crippen molar-refractivity contribution in [1.29, 1.82) is 0 Å². The summed E-state index contributed by atoms with van der Waals surface area (Å²) in [4.78, 5) is 42.0. The zero-order chi connectivity index (χ0) is 27.7. The lowest BCUT2D eigenvalue weighted by Gasteiger charge is -2.14. The zero-order valence-corrected chi connectivity index (χ0v) is 23.0. The molecule has 12 heteroatoms. The molecule has 204 valence electrons. The summed E-state index contributed by atoms with van der Waals surface area (Å²) in [6, 6.07) is 10.0. The number of amides is 2. The van der Waals surface area contributed by atoms with Gasteiger partial charge in [-0.05, 0) is 48.1 Å². The second-order valence-electron chi connectivity index (χ2n) is 9.40. The molecule has 2 aromatic heterocycles. The topological polar surface area (TPSA) is 119 Å². The van der Waals surface area contributed by atoms with Crippen LogP contribution >= 0.6 is 11.3 Å². The van der Waals surface area contributed by atoms with Crippen LogP contribution in [-0.2, 0) is 32.2 Å². The standard InChI is InChI=1S/C27H27FN4O5S2/c1-32-8-7-16-11-15(3-6-18(16)27(32)35)19-12-22-21(13-20(19)28)31-26(38-22)24(39(36)10-9-37-2)25(34)29-14-23(33)30-17-4-5-17/h3,6-8,11-13,17,24H,4-5,9-10,14H2,1-2H3,(H,29,34)(H,30,33). The number of thiazole rings is 1. The van der Waals surface area contributed by atoms with Crippen LogP contribution in [0.3, 0.4) is 0 Å². The van der Waals surface area contributed by atoms with E-state index in [1.165, 1.54) is 17.7 Å². The molecule has 0 spiro atoms. The molecule has 9 nitrogen and oxygen atoms in total. The average Bonchev–Trinajstić information content (AvgIpc) is 3.64. The van der Waals surface area contributed by atoms with Crippen molar-refractivity contribution >= 4 is 54.9 Å². The van der Waals surface area contributed by atoms with Crippen LogP contribution in [0.1, 0.15) is 23.1 Å². The minimum atomic E-state index is -1.69. The van der Waals surface area contributed by atoms with Gasteiger partial charge in [0.15, 0.2) is 5.25 Å². The molecule has 2 unspecified atom stereocenters. The van der Waals surface area contributed by atoms with Crippen LogP contribution < -0.4 is 16.2 Å². The first-order chi connectivity index (χ1) is 18.7. The van der Waals surface area contributed by atoms with Crippen molar-refractivity contribution in [2.75, 3.05) is 26.0 Å². The summed E-state index contributed by atoms with van der Waals surface area (Å²) in [7, 11) is 1.45. The maximum Gasteiger partial charge on any atom is 0.258 e. The second-order valence-corrected chi connectivity index (χ2v) is 12.1. The van der Waals surface area contributed by atoms with E-state index in [1.54, 1.807) is 43.6 Å². The van der Waals surface area contributed by atoms with Gasteiger partial charge in [-0.2, -0.15) is 0 Å². The van der Waals surface area contributed by atoms with Crippen LogP contribution in [0.5, 0.6) is 0 Å². The van der Waals surface area contributed by atoms with Crippen molar-refractivity contribution in [1.82, 2.24) is 20.2 Å². The van der Waals surface area contributed by atoms with Crippen LogP contribution in [0, 0.1) is 5.82 Å². The van der Waals surface area contributed by atoms with Crippen LogP contribution in [-0.4, -0.2) is 57.6 Å². The number of methoxy groups -OCH3 is 1. The first kappa shape index (κ1) is 27.1. The molecule has 4 aromatic rings. The highest BCUT2D eigenvalue weighted by molar-refractivity contribution is 7.86. The summed E-state index contributed by atoms with van der Waals surface area (Å²) in [5.74, 6) is -1.32. The Kier molecular flexibility index (Phi) is 7.87. The lowest BCUT2D eigenvalue weighted by molar-refractivity contribution is -0.126. The molecular formula is C27H27FN4O5S2. The maximum absolute atomic E-state index is 15.3. The van der Waals surface area contributed by atoms with Crippen molar-refractivity contribution in [3.63, 3.8) is 0 Å². The number of ether oxygens (including phenoxy) is 1. The van der Waals surface area contributed by atoms with E-state index in [9.17, 15) is 18.6 Å². The van der Waals surface area contributed by atoms with Gasteiger partial charge in [0, 0.05) is 60.0 Å². The van der Waals surface area contributed by atoms with Crippen molar-refractivity contribution in [3.05, 3.63) is 63.8 Å². The minimum Gasteiger partial charge on any atom is -0.384 e. The number of nitrogens with one attached hydrogen (secondary N) is 2. The van der Waals surface area contributed by atoms with Gasteiger partial charge in [0.25, 0.3) is 5.56 Å². The van der Waals surface area contributed by atoms with E-state index < -0.39 is 27.8 Å². The summed E-state index contributed by atoms with van der Waals surface area (Å²) < 4.78 is 35.5. The molecule has 1 aliphatic carbocycles. The quantitative estimate of drug-likeness (QED) is 0.303. The van der Waals surface area contributed by atoms with Gasteiger partial charge in [-0.15, -0.1) is 11.3 Å². The number of fused-ring (bicyclic) bond motifs is 2. The van der Waals surface area contributed by atoms with Crippen molar-refractivity contribution in [2.45, 2.75) is 24.1 Å². The predicted octanol–water partition coefficient (Wildman–Crippen LogP) is 2.79. The van der Waals surface area contributed by atoms with Gasteiger partial charge in [0.1, 0.15) is 10.8 Å². The van der Waals surface area contributed by atoms with E-state index in [0.29, 0.717) is 32.1 Å². The van der Waals surface area contributed by atoms with Crippen LogP contribution in [0.15, 0.2) is 47.4 Å². The van der Waals surface area contributed by atoms with Crippen LogP contribution in [0.2, 0.25) is 0 Å². The van der Waals surface area contributed by atoms with Crippen LogP contribution in [0.4, 0.5) is 4.39 Å². The summed E-state index contributed by atoms with van der Waals surface area (Å²) in [5, 5.41) is 5.71. The maximum atomic E-state index is 15.3. The third-order valence-electron chi connectivity index (χ3n) is 6.46. The van der Waals surface area contributed by atoms with E-state index in [4.69, 9.17) is 4.74 Å². The Bertz CT molecular complexity index is 1660. The summed E-state index contributed by atoms with van der Waals surface area (Å²) >= 11 is 1.15. The number of halogens is 1. The number of pyridine rings is 1. The average molecular weight is 571 g/mol. The molecule has 2 N–H and O–H groups in total. The number of rotatable bonds is 10. The fraction of sp³-hybridized carbons (Fsp3) is 0.333. The van der Waals surface area contributed by atoms with Crippen molar-refractivity contribution < 1.29 is 22.9 Å². The van der Waals surface area contributed by atoms with E-state index in [-0.39, 0.29) is 41.4 Å². The first-order valence-electron chi connectivity index (χ1n) is 12.4. The lowest BCUT2D eigenvalue weighted by Crippen LogP contribution is -2.40.